The summed E-state index contributed by atoms with van der Waals surface area (Å²) in [4.78, 5) is 15.9. The van der Waals surface area contributed by atoms with E-state index in [0.717, 1.165) is 12.1 Å². The first kappa shape index (κ1) is 20.0. The number of anilines is 1. The molecule has 0 bridgehead atoms. The smallest absolute Gasteiger partial charge is 0.368 e. The third-order valence-corrected chi connectivity index (χ3v) is 4.82. The number of piperazine rings is 1. The summed E-state index contributed by atoms with van der Waals surface area (Å²) in [5, 5.41) is 2.77. The van der Waals surface area contributed by atoms with Crippen molar-refractivity contribution in [2.24, 2.45) is 0 Å². The lowest BCUT2D eigenvalue weighted by atomic mass is 10.1. The highest BCUT2D eigenvalue weighted by Gasteiger charge is 2.31. The summed E-state index contributed by atoms with van der Waals surface area (Å²) >= 11 is 0. The molecule has 0 aliphatic carbocycles. The Morgan fingerprint density at radius 1 is 1.04 bits per heavy atom. The van der Waals surface area contributed by atoms with E-state index in [2.05, 4.69) is 5.32 Å². The molecule has 8 heteroatoms. The van der Waals surface area contributed by atoms with E-state index in [1.807, 2.05) is 4.90 Å². The Bertz CT molecular complexity index is 832. The fourth-order valence-electron chi connectivity index (χ4n) is 3.23. The summed E-state index contributed by atoms with van der Waals surface area (Å²) in [6.45, 7) is 3.28. The highest BCUT2D eigenvalue weighted by atomic mass is 19.4. The number of benzene rings is 2. The standard InChI is InChI=1S/C20H21F4N3O/c1-14(17-7-2-3-8-18(17)21)25-19(28)27-11-9-26(10-12-27)16-6-4-5-15(13-16)20(22,23)24/h2-8,13-14H,9-12H2,1H3,(H,25,28)/t14-/m0/s1. The Hall–Kier alpha value is -2.77. The zero-order chi connectivity index (χ0) is 20.3. The Labute approximate surface area is 160 Å². The Morgan fingerprint density at radius 2 is 1.71 bits per heavy atom. The molecule has 0 saturated carbocycles. The number of urea groups is 1. The number of carbonyl (C=O) groups excluding carboxylic acids is 1. The van der Waals surface area contributed by atoms with Crippen molar-refractivity contribution in [3.8, 4) is 0 Å². The minimum absolute atomic E-state index is 0.320. The summed E-state index contributed by atoms with van der Waals surface area (Å²) in [6, 6.07) is 10.6. The van der Waals surface area contributed by atoms with E-state index in [0.29, 0.717) is 37.4 Å². The Morgan fingerprint density at radius 3 is 2.36 bits per heavy atom. The molecule has 150 valence electrons. The quantitative estimate of drug-likeness (QED) is 0.780. The summed E-state index contributed by atoms with van der Waals surface area (Å²) < 4.78 is 52.5. The van der Waals surface area contributed by atoms with Gasteiger partial charge in [0.05, 0.1) is 11.6 Å². The van der Waals surface area contributed by atoms with E-state index < -0.39 is 17.8 Å². The molecule has 0 aromatic heterocycles. The maximum absolute atomic E-state index is 13.8. The molecule has 2 aromatic rings. The first-order chi connectivity index (χ1) is 13.3. The third kappa shape index (κ3) is 4.55. The van der Waals surface area contributed by atoms with Crippen molar-refractivity contribution in [2.75, 3.05) is 31.1 Å². The van der Waals surface area contributed by atoms with Crippen LogP contribution in [-0.4, -0.2) is 37.1 Å². The van der Waals surface area contributed by atoms with Crippen molar-refractivity contribution < 1.29 is 22.4 Å². The molecule has 1 saturated heterocycles. The van der Waals surface area contributed by atoms with Gasteiger partial charge in [0.2, 0.25) is 0 Å². The van der Waals surface area contributed by atoms with Crippen LogP contribution in [0.4, 0.5) is 28.0 Å². The number of hydrogen-bond acceptors (Lipinski definition) is 2. The van der Waals surface area contributed by atoms with Crippen molar-refractivity contribution in [2.45, 2.75) is 19.1 Å². The van der Waals surface area contributed by atoms with Crippen molar-refractivity contribution in [1.82, 2.24) is 10.2 Å². The van der Waals surface area contributed by atoms with Crippen LogP contribution in [-0.2, 0) is 6.18 Å². The SMILES string of the molecule is C[C@H](NC(=O)N1CCN(c2cccc(C(F)(F)F)c2)CC1)c1ccccc1F. The second-order valence-electron chi connectivity index (χ2n) is 6.71. The highest BCUT2D eigenvalue weighted by Crippen LogP contribution is 2.31. The monoisotopic (exact) mass is 395 g/mol. The molecule has 2 amide bonds. The third-order valence-electron chi connectivity index (χ3n) is 4.82. The molecule has 3 rings (SSSR count). The second-order valence-corrected chi connectivity index (χ2v) is 6.71. The molecule has 1 aliphatic heterocycles. The predicted octanol–water partition coefficient (Wildman–Crippen LogP) is 4.44. The summed E-state index contributed by atoms with van der Waals surface area (Å²) in [7, 11) is 0. The second kappa shape index (κ2) is 8.08. The zero-order valence-electron chi connectivity index (χ0n) is 15.3. The number of amides is 2. The van der Waals surface area contributed by atoms with Crippen molar-refractivity contribution in [3.63, 3.8) is 0 Å². The van der Waals surface area contributed by atoms with E-state index in [-0.39, 0.29) is 11.8 Å². The molecule has 0 radical (unpaired) electrons. The normalized spacial score (nSPS) is 16.0. The lowest BCUT2D eigenvalue weighted by Gasteiger charge is -2.36. The molecule has 1 fully saturated rings. The number of halogens is 4. The maximum Gasteiger partial charge on any atom is 0.416 e. The van der Waals surface area contributed by atoms with Crippen LogP contribution in [0, 0.1) is 5.82 Å². The first-order valence-electron chi connectivity index (χ1n) is 8.98. The molecular weight excluding hydrogens is 374 g/mol. The molecule has 1 N–H and O–H groups in total. The first-order valence-corrected chi connectivity index (χ1v) is 8.98. The fourth-order valence-corrected chi connectivity index (χ4v) is 3.23. The van der Waals surface area contributed by atoms with Gasteiger partial charge in [-0.15, -0.1) is 0 Å². The van der Waals surface area contributed by atoms with Crippen LogP contribution < -0.4 is 10.2 Å². The number of hydrogen-bond donors (Lipinski definition) is 1. The lowest BCUT2D eigenvalue weighted by molar-refractivity contribution is -0.137. The molecule has 4 nitrogen and oxygen atoms in total. The lowest BCUT2D eigenvalue weighted by Crippen LogP contribution is -2.52. The van der Waals surface area contributed by atoms with E-state index in [4.69, 9.17) is 0 Å². The van der Waals surface area contributed by atoms with Gasteiger partial charge in [-0.1, -0.05) is 24.3 Å². The van der Waals surface area contributed by atoms with E-state index in [1.165, 1.54) is 12.1 Å². The van der Waals surface area contributed by atoms with Gasteiger partial charge in [-0.25, -0.2) is 9.18 Å². The molecule has 1 heterocycles. The van der Waals surface area contributed by atoms with Crippen LogP contribution in [0.3, 0.4) is 0 Å². The molecule has 1 atom stereocenters. The van der Waals surface area contributed by atoms with Gasteiger partial charge >= 0.3 is 12.2 Å². The topological polar surface area (TPSA) is 35.6 Å². The summed E-state index contributed by atoms with van der Waals surface area (Å²) in [6.07, 6.45) is -4.39. The van der Waals surface area contributed by atoms with Crippen molar-refractivity contribution in [3.05, 3.63) is 65.5 Å². The van der Waals surface area contributed by atoms with Gasteiger partial charge in [-0.05, 0) is 31.2 Å². The highest BCUT2D eigenvalue weighted by molar-refractivity contribution is 5.75. The van der Waals surface area contributed by atoms with Gasteiger partial charge in [-0.3, -0.25) is 0 Å². The van der Waals surface area contributed by atoms with Gasteiger partial charge in [0.15, 0.2) is 0 Å². The molecule has 2 aromatic carbocycles. The summed E-state index contributed by atoms with van der Waals surface area (Å²) in [5.41, 5.74) is 0.192. The number of carbonyl (C=O) groups is 1. The number of nitrogens with one attached hydrogen (secondary N) is 1. The molecule has 0 unspecified atom stereocenters. The molecule has 1 aliphatic rings. The van der Waals surface area contributed by atoms with Crippen LogP contribution in [0.25, 0.3) is 0 Å². The van der Waals surface area contributed by atoms with Crippen LogP contribution in [0.5, 0.6) is 0 Å². The Kier molecular flexibility index (Phi) is 5.76. The minimum atomic E-state index is -4.39. The van der Waals surface area contributed by atoms with Gasteiger partial charge in [0.1, 0.15) is 5.82 Å². The minimum Gasteiger partial charge on any atom is -0.368 e. The van der Waals surface area contributed by atoms with Crippen LogP contribution in [0.1, 0.15) is 24.1 Å². The van der Waals surface area contributed by atoms with Crippen LogP contribution in [0.2, 0.25) is 0 Å². The average molecular weight is 395 g/mol. The molecule has 0 spiro atoms. The Balaban J connectivity index is 1.58. The van der Waals surface area contributed by atoms with Crippen LogP contribution in [0.15, 0.2) is 48.5 Å². The van der Waals surface area contributed by atoms with Crippen molar-refractivity contribution in [1.29, 1.82) is 0 Å². The largest absolute Gasteiger partial charge is 0.416 e. The van der Waals surface area contributed by atoms with Gasteiger partial charge in [-0.2, -0.15) is 13.2 Å². The zero-order valence-corrected chi connectivity index (χ0v) is 15.3. The van der Waals surface area contributed by atoms with Crippen LogP contribution >= 0.6 is 0 Å². The maximum atomic E-state index is 13.8. The predicted molar refractivity (Wildman–Crippen MR) is 98.6 cm³/mol. The van der Waals surface area contributed by atoms with Gasteiger partial charge in [0.25, 0.3) is 0 Å². The van der Waals surface area contributed by atoms with E-state index in [1.54, 1.807) is 36.1 Å². The average Bonchev–Trinajstić information content (AvgIpc) is 2.68. The molecular formula is C20H21F4N3O. The van der Waals surface area contributed by atoms with E-state index in [9.17, 15) is 22.4 Å². The van der Waals surface area contributed by atoms with Gasteiger partial charge in [0, 0.05) is 37.4 Å². The number of rotatable bonds is 3. The fraction of sp³-hybridized carbons (Fsp3) is 0.350. The van der Waals surface area contributed by atoms with E-state index >= 15 is 0 Å². The molecule has 28 heavy (non-hydrogen) atoms. The number of nitrogens with zero attached hydrogens (tertiary/aromatic N) is 2. The van der Waals surface area contributed by atoms with Crippen molar-refractivity contribution >= 4 is 11.7 Å². The number of alkyl halides is 3. The van der Waals surface area contributed by atoms with Gasteiger partial charge < -0.3 is 15.1 Å². The summed E-state index contributed by atoms with van der Waals surface area (Å²) in [5.74, 6) is -0.385.